The summed E-state index contributed by atoms with van der Waals surface area (Å²) in [7, 11) is 2.06. The summed E-state index contributed by atoms with van der Waals surface area (Å²) in [4.78, 5) is 2.19. The molecule has 0 heterocycles. The minimum absolute atomic E-state index is 0.420. The van der Waals surface area contributed by atoms with Crippen molar-refractivity contribution < 1.29 is 5.11 Å². The number of likely N-dealkylation sites (N-methyl/N-ethyl adjacent to an activating group) is 1. The Morgan fingerprint density at radius 2 is 1.62 bits per heavy atom. The zero-order valence-corrected chi connectivity index (χ0v) is 13.0. The van der Waals surface area contributed by atoms with E-state index in [2.05, 4.69) is 55.3 Å². The summed E-state index contributed by atoms with van der Waals surface area (Å²) in [5, 5.41) is 10.3. The molecule has 1 atom stereocenters. The Kier molecular flexibility index (Phi) is 5.97. The first-order valence-electron chi connectivity index (χ1n) is 7.68. The number of hydrogen-bond acceptors (Lipinski definition) is 2. The molecule has 0 unspecified atom stereocenters. The molecule has 0 aliphatic heterocycles. The molecule has 0 fully saturated rings. The second-order valence-corrected chi connectivity index (χ2v) is 5.61. The van der Waals surface area contributed by atoms with E-state index in [9.17, 15) is 5.11 Å². The van der Waals surface area contributed by atoms with Crippen LogP contribution in [0, 0.1) is 0 Å². The Balaban J connectivity index is 1.82. The van der Waals surface area contributed by atoms with E-state index in [1.807, 2.05) is 18.2 Å². The van der Waals surface area contributed by atoms with Crippen LogP contribution in [-0.4, -0.2) is 30.1 Å². The van der Waals surface area contributed by atoms with E-state index < -0.39 is 6.10 Å². The maximum Gasteiger partial charge on any atom is 0.0916 e. The van der Waals surface area contributed by atoms with Crippen molar-refractivity contribution in [3.63, 3.8) is 0 Å². The summed E-state index contributed by atoms with van der Waals surface area (Å²) in [5.74, 6) is 0. The molecule has 0 radical (unpaired) electrons. The van der Waals surface area contributed by atoms with Crippen molar-refractivity contribution in [3.8, 4) is 0 Å². The fourth-order valence-electron chi connectivity index (χ4n) is 2.43. The Hall–Kier alpha value is -1.64. The Bertz CT molecular complexity index is 521. The average molecular weight is 283 g/mol. The van der Waals surface area contributed by atoms with Crippen molar-refractivity contribution in [2.45, 2.75) is 25.9 Å². The van der Waals surface area contributed by atoms with Gasteiger partial charge in [-0.25, -0.2) is 0 Å². The SMILES string of the molecule is CCc1ccc([C@H](O)CN(C)CCc2ccccc2)cc1. The molecule has 2 rings (SSSR count). The molecule has 0 aliphatic carbocycles. The second-order valence-electron chi connectivity index (χ2n) is 5.61. The van der Waals surface area contributed by atoms with Crippen LogP contribution < -0.4 is 0 Å². The molecule has 0 amide bonds. The molecule has 2 nitrogen and oxygen atoms in total. The van der Waals surface area contributed by atoms with E-state index in [0.29, 0.717) is 6.54 Å². The zero-order chi connectivity index (χ0) is 15.1. The van der Waals surface area contributed by atoms with Gasteiger partial charge in [-0.3, -0.25) is 0 Å². The third kappa shape index (κ3) is 5.00. The maximum absolute atomic E-state index is 10.3. The molecule has 112 valence electrons. The topological polar surface area (TPSA) is 23.5 Å². The van der Waals surface area contributed by atoms with E-state index in [-0.39, 0.29) is 0 Å². The standard InChI is InChI=1S/C19H25NO/c1-3-16-9-11-18(12-10-16)19(21)15-20(2)14-13-17-7-5-4-6-8-17/h4-12,19,21H,3,13-15H2,1-2H3/t19-/m1/s1. The largest absolute Gasteiger partial charge is 0.387 e. The average Bonchev–Trinajstić information content (AvgIpc) is 2.54. The maximum atomic E-state index is 10.3. The van der Waals surface area contributed by atoms with Crippen LogP contribution in [0.25, 0.3) is 0 Å². The smallest absolute Gasteiger partial charge is 0.0916 e. The van der Waals surface area contributed by atoms with Gasteiger partial charge in [0.1, 0.15) is 0 Å². The van der Waals surface area contributed by atoms with E-state index in [1.54, 1.807) is 0 Å². The normalized spacial score (nSPS) is 12.6. The van der Waals surface area contributed by atoms with E-state index in [1.165, 1.54) is 11.1 Å². The van der Waals surface area contributed by atoms with Gasteiger partial charge < -0.3 is 10.0 Å². The minimum atomic E-state index is -0.420. The fourth-order valence-corrected chi connectivity index (χ4v) is 2.43. The van der Waals surface area contributed by atoms with Crippen molar-refractivity contribution in [3.05, 3.63) is 71.3 Å². The van der Waals surface area contributed by atoms with Gasteiger partial charge >= 0.3 is 0 Å². The van der Waals surface area contributed by atoms with Crippen LogP contribution in [0.3, 0.4) is 0 Å². The van der Waals surface area contributed by atoms with Gasteiger partial charge in [0.25, 0.3) is 0 Å². The minimum Gasteiger partial charge on any atom is -0.387 e. The fraction of sp³-hybridized carbons (Fsp3) is 0.368. The predicted octanol–water partition coefficient (Wildman–Crippen LogP) is 3.46. The van der Waals surface area contributed by atoms with Crippen molar-refractivity contribution in [1.29, 1.82) is 0 Å². The number of rotatable bonds is 7. The molecule has 0 spiro atoms. The molecule has 0 saturated carbocycles. The highest BCUT2D eigenvalue weighted by molar-refractivity contribution is 5.24. The van der Waals surface area contributed by atoms with Crippen LogP contribution in [-0.2, 0) is 12.8 Å². The third-order valence-corrected chi connectivity index (χ3v) is 3.88. The zero-order valence-electron chi connectivity index (χ0n) is 13.0. The molecule has 1 N–H and O–H groups in total. The van der Waals surface area contributed by atoms with Gasteiger partial charge in [-0.05, 0) is 36.6 Å². The van der Waals surface area contributed by atoms with Crippen molar-refractivity contribution >= 4 is 0 Å². The molecule has 21 heavy (non-hydrogen) atoms. The Labute approximate surface area is 128 Å². The van der Waals surface area contributed by atoms with Crippen LogP contribution in [0.2, 0.25) is 0 Å². The number of nitrogens with zero attached hydrogens (tertiary/aromatic N) is 1. The summed E-state index contributed by atoms with van der Waals surface area (Å²) in [6.07, 6.45) is 1.63. The van der Waals surface area contributed by atoms with E-state index in [4.69, 9.17) is 0 Å². The first-order chi connectivity index (χ1) is 10.2. The lowest BCUT2D eigenvalue weighted by Gasteiger charge is -2.21. The number of aliphatic hydroxyl groups is 1. The molecule has 0 bridgehead atoms. The highest BCUT2D eigenvalue weighted by Crippen LogP contribution is 2.15. The van der Waals surface area contributed by atoms with Crippen LogP contribution >= 0.6 is 0 Å². The summed E-state index contributed by atoms with van der Waals surface area (Å²) in [6.45, 7) is 3.76. The van der Waals surface area contributed by atoms with Gasteiger partial charge in [-0.2, -0.15) is 0 Å². The lowest BCUT2D eigenvalue weighted by atomic mass is 10.1. The number of aryl methyl sites for hydroxylation is 1. The summed E-state index contributed by atoms with van der Waals surface area (Å²) >= 11 is 0. The molecule has 0 aliphatic rings. The van der Waals surface area contributed by atoms with Crippen molar-refractivity contribution in [1.82, 2.24) is 4.90 Å². The number of benzene rings is 2. The first-order valence-corrected chi connectivity index (χ1v) is 7.68. The Morgan fingerprint density at radius 1 is 0.952 bits per heavy atom. The van der Waals surface area contributed by atoms with Crippen LogP contribution in [0.4, 0.5) is 0 Å². The van der Waals surface area contributed by atoms with Gasteiger partial charge in [0, 0.05) is 13.1 Å². The van der Waals surface area contributed by atoms with Gasteiger partial charge in [0.15, 0.2) is 0 Å². The number of hydrogen-bond donors (Lipinski definition) is 1. The molecular weight excluding hydrogens is 258 g/mol. The molecule has 2 aromatic carbocycles. The van der Waals surface area contributed by atoms with Crippen LogP contribution in [0.1, 0.15) is 29.7 Å². The quantitative estimate of drug-likeness (QED) is 0.841. The van der Waals surface area contributed by atoms with E-state index >= 15 is 0 Å². The molecular formula is C19H25NO. The molecule has 0 aromatic heterocycles. The summed E-state index contributed by atoms with van der Waals surface area (Å²) in [6, 6.07) is 18.7. The lowest BCUT2D eigenvalue weighted by Crippen LogP contribution is -2.26. The molecule has 2 aromatic rings. The molecule has 2 heteroatoms. The first kappa shape index (κ1) is 15.7. The summed E-state index contributed by atoms with van der Waals surface area (Å²) in [5.41, 5.74) is 3.65. The van der Waals surface area contributed by atoms with Gasteiger partial charge in [0.05, 0.1) is 6.10 Å². The van der Waals surface area contributed by atoms with Gasteiger partial charge in [-0.1, -0.05) is 61.5 Å². The highest BCUT2D eigenvalue weighted by atomic mass is 16.3. The monoisotopic (exact) mass is 283 g/mol. The third-order valence-electron chi connectivity index (χ3n) is 3.88. The van der Waals surface area contributed by atoms with Crippen molar-refractivity contribution in [2.24, 2.45) is 0 Å². The lowest BCUT2D eigenvalue weighted by molar-refractivity contribution is 0.127. The van der Waals surface area contributed by atoms with Crippen LogP contribution in [0.15, 0.2) is 54.6 Å². The number of aliphatic hydroxyl groups excluding tert-OH is 1. The molecule has 0 saturated heterocycles. The van der Waals surface area contributed by atoms with Gasteiger partial charge in [-0.15, -0.1) is 0 Å². The van der Waals surface area contributed by atoms with Crippen molar-refractivity contribution in [2.75, 3.05) is 20.1 Å². The predicted molar refractivity (Wildman–Crippen MR) is 88.4 cm³/mol. The highest BCUT2D eigenvalue weighted by Gasteiger charge is 2.10. The van der Waals surface area contributed by atoms with Gasteiger partial charge in [0.2, 0.25) is 0 Å². The van der Waals surface area contributed by atoms with Crippen LogP contribution in [0.5, 0.6) is 0 Å². The van der Waals surface area contributed by atoms with E-state index in [0.717, 1.165) is 24.9 Å². The second kappa shape index (κ2) is 7.96. The summed E-state index contributed by atoms with van der Waals surface area (Å²) < 4.78 is 0. The Morgan fingerprint density at radius 3 is 2.24 bits per heavy atom.